The van der Waals surface area contributed by atoms with Crippen molar-refractivity contribution >= 4 is 17.8 Å². The molecule has 0 fully saturated rings. The first-order valence-electron chi connectivity index (χ1n) is 10.8. The molecule has 0 saturated carbocycles. The normalized spacial score (nSPS) is 12.8. The van der Waals surface area contributed by atoms with Gasteiger partial charge in [0.05, 0.1) is 6.54 Å². The van der Waals surface area contributed by atoms with Gasteiger partial charge in [0.2, 0.25) is 5.91 Å². The molecule has 35 heavy (non-hydrogen) atoms. The fraction of sp³-hybridized carbons (Fsp3) is 0.320. The smallest absolute Gasteiger partial charge is 0.416 e. The van der Waals surface area contributed by atoms with Crippen LogP contribution in [-0.4, -0.2) is 47.3 Å². The van der Waals surface area contributed by atoms with E-state index in [4.69, 9.17) is 10.2 Å². The van der Waals surface area contributed by atoms with Crippen molar-refractivity contribution in [2.75, 3.05) is 13.1 Å². The third-order valence-corrected chi connectivity index (χ3v) is 4.78. The van der Waals surface area contributed by atoms with E-state index in [1.165, 1.54) is 12.1 Å². The molecule has 190 valence electrons. The number of hydrogen-bond acceptors (Lipinski definition) is 4. The van der Waals surface area contributed by atoms with Crippen molar-refractivity contribution in [3.63, 3.8) is 0 Å². The summed E-state index contributed by atoms with van der Waals surface area (Å²) in [6, 6.07) is 16.0. The van der Waals surface area contributed by atoms with E-state index in [2.05, 4.69) is 10.6 Å². The van der Waals surface area contributed by atoms with Crippen LogP contribution in [0.15, 0.2) is 72.8 Å². The molecule has 0 radical (unpaired) electrons. The molecule has 2 rings (SSSR count). The molecule has 0 spiro atoms. The van der Waals surface area contributed by atoms with Crippen LogP contribution < -0.4 is 10.6 Å². The van der Waals surface area contributed by atoms with Gasteiger partial charge in [-0.05, 0) is 24.1 Å². The zero-order valence-corrected chi connectivity index (χ0v) is 19.2. The van der Waals surface area contributed by atoms with Crippen LogP contribution in [0.5, 0.6) is 0 Å². The molecule has 0 aliphatic heterocycles. The van der Waals surface area contributed by atoms with Crippen LogP contribution in [-0.2, 0) is 26.3 Å². The minimum atomic E-state index is -4.66. The van der Waals surface area contributed by atoms with E-state index < -0.39 is 29.6 Å². The number of aliphatic carboxylic acids is 2. The molecule has 1 atom stereocenters. The lowest BCUT2D eigenvalue weighted by molar-refractivity contribution is -0.202. The Morgan fingerprint density at radius 2 is 1.40 bits per heavy atom. The van der Waals surface area contributed by atoms with E-state index in [1.54, 1.807) is 48.5 Å². The van der Waals surface area contributed by atoms with Crippen LogP contribution in [0, 0.1) is 0 Å². The standard InChI is InChI=1S/C21H25F3N2O.C4H4O4/c1-2-3-14-25-16-19(27)26-20(21(22,23)24,18-12-8-5-9-13-18)15-17-10-6-4-7-11-17;5-3(6)1-2-4(7)8/h4-13,25H,2-3,14-16H2,1H3,(H,26,27);1-2H,(H,5,6)(H,7,8). The summed E-state index contributed by atoms with van der Waals surface area (Å²) in [6.45, 7) is 2.44. The van der Waals surface area contributed by atoms with E-state index in [9.17, 15) is 27.6 Å². The topological polar surface area (TPSA) is 116 Å². The van der Waals surface area contributed by atoms with Crippen LogP contribution in [0.2, 0.25) is 0 Å². The number of hydrogen-bond donors (Lipinski definition) is 4. The molecule has 0 saturated heterocycles. The van der Waals surface area contributed by atoms with Crippen LogP contribution >= 0.6 is 0 Å². The van der Waals surface area contributed by atoms with Crippen LogP contribution in [0.1, 0.15) is 30.9 Å². The third-order valence-electron chi connectivity index (χ3n) is 4.78. The number of unbranched alkanes of at least 4 members (excludes halogenated alkanes) is 1. The molecular weight excluding hydrogens is 465 g/mol. The summed E-state index contributed by atoms with van der Waals surface area (Å²) >= 11 is 0. The second-order valence-electron chi connectivity index (χ2n) is 7.52. The van der Waals surface area contributed by atoms with Gasteiger partial charge in [-0.3, -0.25) is 4.79 Å². The van der Waals surface area contributed by atoms with E-state index in [-0.39, 0.29) is 18.5 Å². The Bertz CT molecular complexity index is 950. The zero-order valence-electron chi connectivity index (χ0n) is 19.2. The van der Waals surface area contributed by atoms with Crippen molar-refractivity contribution < 1.29 is 37.8 Å². The highest BCUT2D eigenvalue weighted by molar-refractivity contribution is 5.89. The second-order valence-corrected chi connectivity index (χ2v) is 7.52. The largest absolute Gasteiger partial charge is 0.478 e. The van der Waals surface area contributed by atoms with Crippen molar-refractivity contribution in [1.82, 2.24) is 10.6 Å². The number of carbonyl (C=O) groups excluding carboxylic acids is 1. The van der Waals surface area contributed by atoms with Gasteiger partial charge in [-0.15, -0.1) is 0 Å². The van der Waals surface area contributed by atoms with Crippen LogP contribution in [0.25, 0.3) is 0 Å². The van der Waals surface area contributed by atoms with Crippen molar-refractivity contribution in [3.05, 3.63) is 83.9 Å². The summed E-state index contributed by atoms with van der Waals surface area (Å²) in [7, 11) is 0. The summed E-state index contributed by atoms with van der Waals surface area (Å²) in [5.74, 6) is -3.19. The minimum Gasteiger partial charge on any atom is -0.478 e. The Morgan fingerprint density at radius 3 is 1.86 bits per heavy atom. The van der Waals surface area contributed by atoms with Gasteiger partial charge in [0.25, 0.3) is 0 Å². The van der Waals surface area contributed by atoms with Crippen molar-refractivity contribution in [3.8, 4) is 0 Å². The van der Waals surface area contributed by atoms with Gasteiger partial charge >= 0.3 is 18.1 Å². The summed E-state index contributed by atoms with van der Waals surface area (Å²) in [5, 5.41) is 20.8. The van der Waals surface area contributed by atoms with Crippen molar-refractivity contribution in [2.24, 2.45) is 0 Å². The molecular formula is C25H29F3N2O5. The molecule has 7 nitrogen and oxygen atoms in total. The van der Waals surface area contributed by atoms with Gasteiger partial charge in [-0.1, -0.05) is 74.0 Å². The zero-order chi connectivity index (χ0) is 26.3. The second kappa shape index (κ2) is 14.6. The quantitative estimate of drug-likeness (QED) is 0.278. The van der Waals surface area contributed by atoms with Crippen LogP contribution in [0.4, 0.5) is 13.2 Å². The Kier molecular flexibility index (Phi) is 12.2. The fourth-order valence-corrected chi connectivity index (χ4v) is 3.11. The number of carboxylic acid groups (broad SMARTS) is 2. The Hall–Kier alpha value is -3.66. The molecule has 2 aromatic rings. The number of nitrogens with one attached hydrogen (secondary N) is 2. The molecule has 10 heteroatoms. The number of carboxylic acids is 2. The number of rotatable bonds is 11. The average Bonchev–Trinajstić information content (AvgIpc) is 2.81. The number of benzene rings is 2. The molecule has 2 aromatic carbocycles. The highest BCUT2D eigenvalue weighted by Gasteiger charge is 2.56. The Labute approximate surface area is 201 Å². The first-order chi connectivity index (χ1) is 16.5. The first-order valence-corrected chi connectivity index (χ1v) is 10.8. The maximum atomic E-state index is 14.3. The van der Waals surface area contributed by atoms with Gasteiger partial charge in [0.15, 0.2) is 5.54 Å². The lowest BCUT2D eigenvalue weighted by Crippen LogP contribution is -2.59. The monoisotopic (exact) mass is 494 g/mol. The third kappa shape index (κ3) is 10.4. The van der Waals surface area contributed by atoms with Gasteiger partial charge < -0.3 is 20.8 Å². The van der Waals surface area contributed by atoms with E-state index in [0.717, 1.165) is 12.8 Å². The maximum absolute atomic E-state index is 14.3. The maximum Gasteiger partial charge on any atom is 0.416 e. The van der Waals surface area contributed by atoms with Crippen molar-refractivity contribution in [2.45, 2.75) is 37.9 Å². The summed E-state index contributed by atoms with van der Waals surface area (Å²) < 4.78 is 42.9. The number of carbonyl (C=O) groups is 3. The molecule has 0 aliphatic rings. The SMILES string of the molecule is CCCCNCC(=O)NC(Cc1ccccc1)(c1ccccc1)C(F)(F)F.O=C(O)C=CC(=O)O. The molecule has 4 N–H and O–H groups in total. The Balaban J connectivity index is 0.000000658. The van der Waals surface area contributed by atoms with Gasteiger partial charge in [0, 0.05) is 18.6 Å². The average molecular weight is 495 g/mol. The molecule has 0 aliphatic carbocycles. The predicted octanol–water partition coefficient (Wildman–Crippen LogP) is 3.90. The minimum absolute atomic E-state index is 0.0169. The summed E-state index contributed by atoms with van der Waals surface area (Å²) in [4.78, 5) is 31.5. The molecule has 0 aromatic heterocycles. The number of halogens is 3. The van der Waals surface area contributed by atoms with Crippen LogP contribution in [0.3, 0.4) is 0 Å². The molecule has 1 unspecified atom stereocenters. The lowest BCUT2D eigenvalue weighted by atomic mass is 9.82. The van der Waals surface area contributed by atoms with Gasteiger partial charge in [-0.25, -0.2) is 9.59 Å². The summed E-state index contributed by atoms with van der Waals surface area (Å²) in [6.07, 6.45) is -2.12. The molecule has 0 bridgehead atoms. The lowest BCUT2D eigenvalue weighted by Gasteiger charge is -2.37. The highest BCUT2D eigenvalue weighted by Crippen LogP contribution is 2.41. The van der Waals surface area contributed by atoms with Gasteiger partial charge in [-0.2, -0.15) is 13.2 Å². The van der Waals surface area contributed by atoms with E-state index in [0.29, 0.717) is 24.3 Å². The number of amides is 1. The molecule has 0 heterocycles. The fourth-order valence-electron chi connectivity index (χ4n) is 3.11. The van der Waals surface area contributed by atoms with E-state index >= 15 is 0 Å². The summed E-state index contributed by atoms with van der Waals surface area (Å²) in [5.41, 5.74) is -1.97. The predicted molar refractivity (Wildman–Crippen MR) is 125 cm³/mol. The van der Waals surface area contributed by atoms with Gasteiger partial charge in [0.1, 0.15) is 0 Å². The van der Waals surface area contributed by atoms with Crippen molar-refractivity contribution in [1.29, 1.82) is 0 Å². The first kappa shape index (κ1) is 29.4. The number of alkyl halides is 3. The van der Waals surface area contributed by atoms with E-state index in [1.807, 2.05) is 6.92 Å². The molecule has 1 amide bonds. The highest BCUT2D eigenvalue weighted by atomic mass is 19.4. The Morgan fingerprint density at radius 1 is 0.886 bits per heavy atom.